The van der Waals surface area contributed by atoms with E-state index in [9.17, 15) is 14.7 Å². The molecule has 0 radical (unpaired) electrons. The minimum absolute atomic E-state index is 0.136. The predicted molar refractivity (Wildman–Crippen MR) is 135 cm³/mol. The highest BCUT2D eigenvalue weighted by atomic mass is 16.3. The van der Waals surface area contributed by atoms with Crippen LogP contribution >= 0.6 is 0 Å². The zero-order valence-corrected chi connectivity index (χ0v) is 20.5. The lowest BCUT2D eigenvalue weighted by Gasteiger charge is -2.38. The molecule has 34 heavy (non-hydrogen) atoms. The number of hydrogen-bond acceptors (Lipinski definition) is 4. The molecule has 6 heteroatoms. The van der Waals surface area contributed by atoms with E-state index in [1.165, 1.54) is 31.7 Å². The van der Waals surface area contributed by atoms with Crippen molar-refractivity contribution in [1.82, 2.24) is 15.5 Å². The molecule has 0 spiro atoms. The minimum Gasteiger partial charge on any atom is -0.389 e. The van der Waals surface area contributed by atoms with E-state index in [1.807, 2.05) is 42.5 Å². The lowest BCUT2D eigenvalue weighted by Crippen LogP contribution is -2.63. The highest BCUT2D eigenvalue weighted by Crippen LogP contribution is 2.17. The molecule has 1 aliphatic rings. The van der Waals surface area contributed by atoms with Gasteiger partial charge in [0.25, 0.3) is 0 Å². The van der Waals surface area contributed by atoms with E-state index in [1.54, 1.807) is 4.90 Å². The predicted octanol–water partition coefficient (Wildman–Crippen LogP) is 3.22. The summed E-state index contributed by atoms with van der Waals surface area (Å²) in [6.07, 6.45) is 5.30. The fourth-order valence-electron chi connectivity index (χ4n) is 4.65. The van der Waals surface area contributed by atoms with Crippen LogP contribution in [0.2, 0.25) is 0 Å². The Kier molecular flexibility index (Phi) is 10.1. The maximum absolute atomic E-state index is 13.2. The Hall–Kier alpha value is -2.70. The van der Waals surface area contributed by atoms with Gasteiger partial charge < -0.3 is 20.6 Å². The van der Waals surface area contributed by atoms with E-state index in [4.69, 9.17) is 0 Å². The molecule has 6 nitrogen and oxygen atoms in total. The van der Waals surface area contributed by atoms with E-state index in [0.717, 1.165) is 24.0 Å². The van der Waals surface area contributed by atoms with Gasteiger partial charge in [-0.05, 0) is 36.0 Å². The number of carbonyl (C=O) groups is 2. The van der Waals surface area contributed by atoms with Crippen LogP contribution in [0.3, 0.4) is 0 Å². The van der Waals surface area contributed by atoms with Crippen LogP contribution in [0.5, 0.6) is 0 Å². The van der Waals surface area contributed by atoms with E-state index >= 15 is 0 Å². The first-order valence-electron chi connectivity index (χ1n) is 12.6. The topological polar surface area (TPSA) is 81.7 Å². The number of aliphatic hydroxyl groups excluding tert-OH is 1. The zero-order valence-electron chi connectivity index (χ0n) is 20.5. The molecule has 1 aliphatic heterocycles. The molecule has 2 aromatic rings. The molecule has 3 atom stereocenters. The first-order valence-corrected chi connectivity index (χ1v) is 12.6. The third kappa shape index (κ3) is 7.67. The summed E-state index contributed by atoms with van der Waals surface area (Å²) in [5.74, 6) is -0.355. The van der Waals surface area contributed by atoms with Crippen molar-refractivity contribution in [3.8, 4) is 0 Å². The summed E-state index contributed by atoms with van der Waals surface area (Å²) >= 11 is 0. The van der Waals surface area contributed by atoms with Crippen LogP contribution in [0.25, 0.3) is 0 Å². The minimum atomic E-state index is -1.04. The molecular formula is C28H39N3O3. The summed E-state index contributed by atoms with van der Waals surface area (Å²) in [5.41, 5.74) is 3.38. The maximum atomic E-state index is 13.2. The summed E-state index contributed by atoms with van der Waals surface area (Å²) < 4.78 is 0. The molecule has 0 unspecified atom stereocenters. The Morgan fingerprint density at radius 2 is 1.82 bits per heavy atom. The summed E-state index contributed by atoms with van der Waals surface area (Å²) in [6, 6.07) is 16.9. The van der Waals surface area contributed by atoms with E-state index in [0.29, 0.717) is 26.1 Å². The quantitative estimate of drug-likeness (QED) is 0.421. The molecule has 3 N–H and O–H groups in total. The van der Waals surface area contributed by atoms with Gasteiger partial charge in [0.1, 0.15) is 6.04 Å². The molecule has 2 aromatic carbocycles. The Balaban J connectivity index is 1.68. The van der Waals surface area contributed by atoms with Crippen molar-refractivity contribution in [2.75, 3.05) is 13.1 Å². The highest BCUT2D eigenvalue weighted by Gasteiger charge is 2.38. The van der Waals surface area contributed by atoms with Gasteiger partial charge in [-0.25, -0.2) is 0 Å². The van der Waals surface area contributed by atoms with Crippen molar-refractivity contribution in [3.05, 3.63) is 71.3 Å². The van der Waals surface area contributed by atoms with E-state index in [2.05, 4.69) is 29.7 Å². The Labute approximate surface area is 203 Å². The van der Waals surface area contributed by atoms with Gasteiger partial charge in [0.15, 0.2) is 0 Å². The van der Waals surface area contributed by atoms with Crippen LogP contribution in [0.4, 0.5) is 0 Å². The Morgan fingerprint density at radius 1 is 1.09 bits per heavy atom. The van der Waals surface area contributed by atoms with Crippen molar-refractivity contribution >= 4 is 11.8 Å². The summed E-state index contributed by atoms with van der Waals surface area (Å²) in [5, 5.41) is 17.3. The van der Waals surface area contributed by atoms with Crippen molar-refractivity contribution in [3.63, 3.8) is 0 Å². The molecule has 1 saturated heterocycles. The van der Waals surface area contributed by atoms with E-state index < -0.39 is 18.2 Å². The molecule has 0 aliphatic carbocycles. The smallest absolute Gasteiger partial charge is 0.242 e. The van der Waals surface area contributed by atoms with Crippen LogP contribution in [0, 0.1) is 0 Å². The number of rotatable bonds is 12. The summed E-state index contributed by atoms with van der Waals surface area (Å²) in [7, 11) is 0. The molecule has 0 aromatic heterocycles. The van der Waals surface area contributed by atoms with Gasteiger partial charge in [-0.15, -0.1) is 0 Å². The fraction of sp³-hybridized carbons (Fsp3) is 0.500. The van der Waals surface area contributed by atoms with Gasteiger partial charge in [0.2, 0.25) is 11.8 Å². The molecule has 1 fully saturated rings. The second kappa shape index (κ2) is 13.3. The van der Waals surface area contributed by atoms with E-state index in [-0.39, 0.29) is 11.8 Å². The lowest BCUT2D eigenvalue weighted by molar-refractivity contribution is -0.141. The average Bonchev–Trinajstić information content (AvgIpc) is 2.83. The number of unbranched alkanes of at least 4 members (excludes halogenated alkanes) is 3. The number of aliphatic hydroxyl groups is 1. The summed E-state index contributed by atoms with van der Waals surface area (Å²) in [4.78, 5) is 27.0. The van der Waals surface area contributed by atoms with Gasteiger partial charge in [-0.3, -0.25) is 9.59 Å². The normalized spacial score (nSPS) is 17.9. The number of nitrogens with zero attached hydrogens (tertiary/aromatic N) is 1. The number of amides is 2. The third-order valence-corrected chi connectivity index (χ3v) is 6.45. The monoisotopic (exact) mass is 465 g/mol. The number of hydrogen-bond donors (Lipinski definition) is 3. The van der Waals surface area contributed by atoms with Crippen molar-refractivity contribution in [2.45, 2.75) is 77.1 Å². The summed E-state index contributed by atoms with van der Waals surface area (Å²) in [6.45, 7) is 5.35. The number of carbonyl (C=O) groups excluding carboxylic acids is 2. The first kappa shape index (κ1) is 25.9. The average molecular weight is 466 g/mol. The number of aryl methyl sites for hydroxylation is 1. The number of piperazine rings is 1. The number of nitrogens with one attached hydrogen (secondary N) is 2. The molecule has 1 heterocycles. The van der Waals surface area contributed by atoms with Crippen LogP contribution in [-0.2, 0) is 29.0 Å². The van der Waals surface area contributed by atoms with Gasteiger partial charge in [-0.1, -0.05) is 80.8 Å². The first-order chi connectivity index (χ1) is 16.5. The highest BCUT2D eigenvalue weighted by molar-refractivity contribution is 5.83. The molecule has 184 valence electrons. The van der Waals surface area contributed by atoms with Crippen LogP contribution in [-0.4, -0.2) is 53.1 Å². The largest absolute Gasteiger partial charge is 0.389 e. The number of benzene rings is 2. The third-order valence-electron chi connectivity index (χ3n) is 6.45. The van der Waals surface area contributed by atoms with Crippen LogP contribution < -0.4 is 10.6 Å². The van der Waals surface area contributed by atoms with Crippen LogP contribution in [0.1, 0.15) is 56.2 Å². The lowest BCUT2D eigenvalue weighted by atomic mass is 9.93. The van der Waals surface area contributed by atoms with Crippen molar-refractivity contribution in [1.29, 1.82) is 0 Å². The molecule has 3 rings (SSSR count). The molecular weight excluding hydrogens is 426 g/mol. The molecule has 0 saturated carbocycles. The molecule has 2 amide bonds. The second-order valence-electron chi connectivity index (χ2n) is 9.31. The second-order valence-corrected chi connectivity index (χ2v) is 9.31. The van der Waals surface area contributed by atoms with Gasteiger partial charge in [0.05, 0.1) is 12.1 Å². The Morgan fingerprint density at radius 3 is 2.56 bits per heavy atom. The SMILES string of the molecule is CCCCCCc1cccc(C[C@H](NC(C)=O)[C@H](O)[C@@H]2NCCN(Cc3ccccc3)C2=O)c1. The molecule has 0 bridgehead atoms. The maximum Gasteiger partial charge on any atom is 0.242 e. The van der Waals surface area contributed by atoms with Crippen LogP contribution in [0.15, 0.2) is 54.6 Å². The van der Waals surface area contributed by atoms with Crippen molar-refractivity contribution in [2.24, 2.45) is 0 Å². The van der Waals surface area contributed by atoms with Crippen molar-refractivity contribution < 1.29 is 14.7 Å². The van der Waals surface area contributed by atoms with Gasteiger partial charge >= 0.3 is 0 Å². The Bertz CT molecular complexity index is 918. The van der Waals surface area contributed by atoms with Gasteiger partial charge in [-0.2, -0.15) is 0 Å². The fourth-order valence-corrected chi connectivity index (χ4v) is 4.65. The zero-order chi connectivity index (χ0) is 24.3. The standard InChI is InChI=1S/C28H39N3O3/c1-3-4-5-7-11-22-14-10-15-24(18-22)19-25(30-21(2)32)27(33)26-28(34)31(17-16-29-26)20-23-12-8-6-9-13-23/h6,8-10,12-15,18,25-27,29,33H,3-5,7,11,16-17,19-20H2,1-2H3,(H,30,32)/t25-,26-,27-/m0/s1. The van der Waals surface area contributed by atoms with Gasteiger partial charge in [0, 0.05) is 26.6 Å².